The Labute approximate surface area is 127 Å². The van der Waals surface area contributed by atoms with E-state index in [2.05, 4.69) is 11.8 Å². The summed E-state index contributed by atoms with van der Waals surface area (Å²) in [7, 11) is -0.378. The van der Waals surface area contributed by atoms with Crippen molar-refractivity contribution in [2.45, 2.75) is 31.1 Å². The molecule has 1 aromatic carbocycles. The highest BCUT2D eigenvalue weighted by molar-refractivity contribution is 7.89. The van der Waals surface area contributed by atoms with Gasteiger partial charge in [-0.15, -0.1) is 0 Å². The second-order valence-corrected chi connectivity index (χ2v) is 8.05. The molecule has 1 aliphatic rings. The number of nitrogens with zero attached hydrogens (tertiary/aromatic N) is 2. The van der Waals surface area contributed by atoms with Crippen LogP contribution in [-0.2, 0) is 10.0 Å². The summed E-state index contributed by atoms with van der Waals surface area (Å²) in [5, 5.41) is 0. The Balaban J connectivity index is 2.21. The molecule has 2 N–H and O–H groups in total. The summed E-state index contributed by atoms with van der Waals surface area (Å²) in [5.41, 5.74) is 7.58. The maximum absolute atomic E-state index is 12.1. The van der Waals surface area contributed by atoms with Crippen molar-refractivity contribution in [2.75, 3.05) is 37.8 Å². The van der Waals surface area contributed by atoms with Crippen molar-refractivity contribution >= 4 is 21.4 Å². The van der Waals surface area contributed by atoms with Crippen molar-refractivity contribution in [3.63, 3.8) is 0 Å². The van der Waals surface area contributed by atoms with Crippen LogP contribution in [0.2, 0.25) is 0 Å². The zero-order chi connectivity index (χ0) is 15.6. The molecule has 118 valence electrons. The van der Waals surface area contributed by atoms with Crippen LogP contribution in [0.3, 0.4) is 0 Å². The van der Waals surface area contributed by atoms with Crippen molar-refractivity contribution in [3.05, 3.63) is 18.2 Å². The van der Waals surface area contributed by atoms with E-state index in [9.17, 15) is 8.42 Å². The van der Waals surface area contributed by atoms with Gasteiger partial charge in [-0.05, 0) is 37.0 Å². The maximum Gasteiger partial charge on any atom is 0.242 e. The molecule has 1 aromatic rings. The SMILES string of the molecule is CCCC1CCN(c2ccc(S(=O)(=O)N(C)C)cc2N)C1. The van der Waals surface area contributed by atoms with E-state index in [0.29, 0.717) is 5.69 Å². The average Bonchev–Trinajstić information content (AvgIpc) is 2.87. The molecule has 2 rings (SSSR count). The quantitative estimate of drug-likeness (QED) is 0.846. The van der Waals surface area contributed by atoms with Gasteiger partial charge in [0, 0.05) is 27.2 Å². The normalized spacial score (nSPS) is 19.4. The highest BCUT2D eigenvalue weighted by atomic mass is 32.2. The topological polar surface area (TPSA) is 66.6 Å². The summed E-state index contributed by atoms with van der Waals surface area (Å²) < 4.78 is 25.4. The van der Waals surface area contributed by atoms with Crippen LogP contribution in [-0.4, -0.2) is 39.9 Å². The highest BCUT2D eigenvalue weighted by Crippen LogP contribution is 2.32. The van der Waals surface area contributed by atoms with Crippen LogP contribution in [0.1, 0.15) is 26.2 Å². The zero-order valence-corrected chi connectivity index (χ0v) is 13.9. The smallest absolute Gasteiger partial charge is 0.242 e. The van der Waals surface area contributed by atoms with Gasteiger partial charge in [-0.3, -0.25) is 0 Å². The van der Waals surface area contributed by atoms with E-state index >= 15 is 0 Å². The minimum absolute atomic E-state index is 0.248. The van der Waals surface area contributed by atoms with Crippen molar-refractivity contribution in [3.8, 4) is 0 Å². The molecule has 0 aromatic heterocycles. The number of nitrogen functional groups attached to an aromatic ring is 1. The van der Waals surface area contributed by atoms with Crippen molar-refractivity contribution in [2.24, 2.45) is 5.92 Å². The van der Waals surface area contributed by atoms with Crippen LogP contribution in [0.15, 0.2) is 23.1 Å². The van der Waals surface area contributed by atoms with Gasteiger partial charge in [-0.25, -0.2) is 12.7 Å². The first-order valence-electron chi connectivity index (χ1n) is 7.43. The van der Waals surface area contributed by atoms with Crippen LogP contribution < -0.4 is 10.6 Å². The molecule has 0 amide bonds. The molecule has 0 spiro atoms. The van der Waals surface area contributed by atoms with Gasteiger partial charge in [0.15, 0.2) is 0 Å². The first-order chi connectivity index (χ1) is 9.86. The molecule has 1 saturated heterocycles. The van der Waals surface area contributed by atoms with Crippen LogP contribution in [0.5, 0.6) is 0 Å². The van der Waals surface area contributed by atoms with Gasteiger partial charge in [-0.2, -0.15) is 0 Å². The van der Waals surface area contributed by atoms with E-state index in [4.69, 9.17) is 5.73 Å². The second kappa shape index (κ2) is 6.23. The molecule has 0 saturated carbocycles. The lowest BCUT2D eigenvalue weighted by Crippen LogP contribution is -2.23. The van der Waals surface area contributed by atoms with Crippen molar-refractivity contribution in [1.29, 1.82) is 0 Å². The van der Waals surface area contributed by atoms with Gasteiger partial charge in [0.25, 0.3) is 0 Å². The third-order valence-electron chi connectivity index (χ3n) is 4.10. The minimum Gasteiger partial charge on any atom is -0.397 e. The second-order valence-electron chi connectivity index (χ2n) is 5.90. The summed E-state index contributed by atoms with van der Waals surface area (Å²) in [5.74, 6) is 0.722. The van der Waals surface area contributed by atoms with Crippen LogP contribution in [0, 0.1) is 5.92 Å². The van der Waals surface area contributed by atoms with Gasteiger partial charge in [0.1, 0.15) is 0 Å². The Kier molecular flexibility index (Phi) is 4.78. The predicted octanol–water partition coefficient (Wildman–Crippen LogP) is 2.15. The summed E-state index contributed by atoms with van der Waals surface area (Å²) >= 11 is 0. The molecule has 1 atom stereocenters. The zero-order valence-electron chi connectivity index (χ0n) is 13.0. The molecule has 0 radical (unpaired) electrons. The largest absolute Gasteiger partial charge is 0.397 e. The fourth-order valence-corrected chi connectivity index (χ4v) is 3.82. The standard InChI is InChI=1S/C15H25N3O2S/c1-4-5-12-8-9-18(11-12)15-7-6-13(10-14(15)16)21(19,20)17(2)3/h6-7,10,12H,4-5,8-9,11,16H2,1-3H3. The van der Waals surface area contributed by atoms with Gasteiger partial charge in [-0.1, -0.05) is 13.3 Å². The highest BCUT2D eigenvalue weighted by Gasteiger charge is 2.24. The van der Waals surface area contributed by atoms with Crippen molar-refractivity contribution in [1.82, 2.24) is 4.31 Å². The Morgan fingerprint density at radius 2 is 2.10 bits per heavy atom. The third kappa shape index (κ3) is 3.32. The van der Waals surface area contributed by atoms with Gasteiger partial charge in [0.05, 0.1) is 16.3 Å². The lowest BCUT2D eigenvalue weighted by molar-refractivity contribution is 0.520. The van der Waals surface area contributed by atoms with E-state index in [1.807, 2.05) is 6.07 Å². The lowest BCUT2D eigenvalue weighted by atomic mass is 10.0. The number of sulfonamides is 1. The Hall–Kier alpha value is -1.27. The number of anilines is 2. The molecular weight excluding hydrogens is 286 g/mol. The number of nitrogens with two attached hydrogens (primary N) is 1. The average molecular weight is 311 g/mol. The lowest BCUT2D eigenvalue weighted by Gasteiger charge is -2.21. The molecule has 1 heterocycles. The predicted molar refractivity (Wildman–Crippen MR) is 87.0 cm³/mol. The Morgan fingerprint density at radius 1 is 1.38 bits per heavy atom. The summed E-state index contributed by atoms with van der Waals surface area (Å²) in [4.78, 5) is 2.51. The molecule has 6 heteroatoms. The van der Waals surface area contributed by atoms with Crippen LogP contribution in [0.4, 0.5) is 11.4 Å². The summed E-state index contributed by atoms with van der Waals surface area (Å²) in [6.07, 6.45) is 3.63. The Morgan fingerprint density at radius 3 is 2.67 bits per heavy atom. The summed E-state index contributed by atoms with van der Waals surface area (Å²) in [6, 6.07) is 5.05. The third-order valence-corrected chi connectivity index (χ3v) is 5.91. The molecule has 5 nitrogen and oxygen atoms in total. The molecule has 0 aliphatic carbocycles. The molecule has 1 unspecified atom stereocenters. The van der Waals surface area contributed by atoms with Gasteiger partial charge >= 0.3 is 0 Å². The first-order valence-corrected chi connectivity index (χ1v) is 8.87. The number of benzene rings is 1. The first kappa shape index (κ1) is 16.1. The Bertz CT molecular complexity index is 599. The van der Waals surface area contributed by atoms with Gasteiger partial charge < -0.3 is 10.6 Å². The molecule has 1 aliphatic heterocycles. The number of rotatable bonds is 5. The molecule has 21 heavy (non-hydrogen) atoms. The molecular formula is C15H25N3O2S. The molecule has 1 fully saturated rings. The van der Waals surface area contributed by atoms with Crippen molar-refractivity contribution < 1.29 is 8.42 Å². The van der Waals surface area contributed by atoms with E-state index in [1.54, 1.807) is 12.1 Å². The number of hydrogen-bond donors (Lipinski definition) is 1. The number of hydrogen-bond acceptors (Lipinski definition) is 4. The summed E-state index contributed by atoms with van der Waals surface area (Å²) in [6.45, 7) is 4.21. The van der Waals surface area contributed by atoms with Crippen LogP contribution in [0.25, 0.3) is 0 Å². The molecule has 0 bridgehead atoms. The minimum atomic E-state index is -3.42. The monoisotopic (exact) mass is 311 g/mol. The van der Waals surface area contributed by atoms with Gasteiger partial charge in [0.2, 0.25) is 10.0 Å². The van der Waals surface area contributed by atoms with E-state index in [0.717, 1.165) is 24.7 Å². The van der Waals surface area contributed by atoms with E-state index < -0.39 is 10.0 Å². The van der Waals surface area contributed by atoms with Crippen LogP contribution >= 0.6 is 0 Å². The van der Waals surface area contributed by atoms with E-state index in [-0.39, 0.29) is 4.90 Å². The fraction of sp³-hybridized carbons (Fsp3) is 0.600. The fourth-order valence-electron chi connectivity index (χ4n) is 2.89. The van der Waals surface area contributed by atoms with E-state index in [1.165, 1.54) is 37.7 Å². The maximum atomic E-state index is 12.1.